The standard InChI is InChI=1S/C18H13Br2N/c19-14-5-1-12(2-6-14)17-10-9-16(21)11-18(17)13-3-7-15(20)8-4-13/h1-11H,21H2. The highest BCUT2D eigenvalue weighted by Gasteiger charge is 2.08. The van der Waals surface area contributed by atoms with Gasteiger partial charge in [-0.1, -0.05) is 62.2 Å². The third kappa shape index (κ3) is 3.20. The number of nitrogen functional groups attached to an aromatic ring is 1. The summed E-state index contributed by atoms with van der Waals surface area (Å²) >= 11 is 6.95. The Kier molecular flexibility index (Phi) is 4.13. The normalized spacial score (nSPS) is 10.6. The fourth-order valence-corrected chi connectivity index (χ4v) is 2.84. The van der Waals surface area contributed by atoms with Crippen LogP contribution in [0.3, 0.4) is 0 Å². The van der Waals surface area contributed by atoms with E-state index in [2.05, 4.69) is 74.3 Å². The SMILES string of the molecule is Nc1ccc(-c2ccc(Br)cc2)c(-c2ccc(Br)cc2)c1. The van der Waals surface area contributed by atoms with Crippen LogP contribution < -0.4 is 5.73 Å². The highest BCUT2D eigenvalue weighted by atomic mass is 79.9. The maximum absolute atomic E-state index is 5.98. The van der Waals surface area contributed by atoms with Crippen molar-refractivity contribution in [2.45, 2.75) is 0 Å². The number of benzene rings is 3. The van der Waals surface area contributed by atoms with E-state index in [4.69, 9.17) is 5.73 Å². The molecule has 0 aliphatic carbocycles. The van der Waals surface area contributed by atoms with Crippen molar-refractivity contribution in [2.75, 3.05) is 5.73 Å². The van der Waals surface area contributed by atoms with Crippen LogP contribution in [-0.4, -0.2) is 0 Å². The van der Waals surface area contributed by atoms with E-state index in [0.29, 0.717) is 0 Å². The second-order valence-corrected chi connectivity index (χ2v) is 6.65. The van der Waals surface area contributed by atoms with E-state index in [0.717, 1.165) is 25.8 Å². The Labute approximate surface area is 141 Å². The molecule has 3 heteroatoms. The van der Waals surface area contributed by atoms with E-state index in [9.17, 15) is 0 Å². The van der Waals surface area contributed by atoms with E-state index in [1.54, 1.807) is 0 Å². The van der Waals surface area contributed by atoms with E-state index >= 15 is 0 Å². The molecule has 0 aromatic heterocycles. The fourth-order valence-electron chi connectivity index (χ4n) is 2.31. The molecule has 0 atom stereocenters. The smallest absolute Gasteiger partial charge is 0.0320 e. The van der Waals surface area contributed by atoms with Crippen LogP contribution >= 0.6 is 31.9 Å². The van der Waals surface area contributed by atoms with E-state index < -0.39 is 0 Å². The van der Waals surface area contributed by atoms with Gasteiger partial charge in [0.25, 0.3) is 0 Å². The molecule has 0 aliphatic rings. The summed E-state index contributed by atoms with van der Waals surface area (Å²) in [6, 6.07) is 22.7. The summed E-state index contributed by atoms with van der Waals surface area (Å²) in [6.45, 7) is 0. The first-order valence-electron chi connectivity index (χ1n) is 6.55. The minimum atomic E-state index is 0.772. The zero-order chi connectivity index (χ0) is 14.8. The van der Waals surface area contributed by atoms with Gasteiger partial charge in [-0.15, -0.1) is 0 Å². The molecule has 0 unspecified atom stereocenters. The van der Waals surface area contributed by atoms with Crippen molar-refractivity contribution < 1.29 is 0 Å². The summed E-state index contributed by atoms with van der Waals surface area (Å²) < 4.78 is 2.15. The van der Waals surface area contributed by atoms with E-state index in [1.165, 1.54) is 11.1 Å². The molecule has 0 radical (unpaired) electrons. The molecule has 104 valence electrons. The predicted octanol–water partition coefficient (Wildman–Crippen LogP) is 6.13. The maximum Gasteiger partial charge on any atom is 0.0320 e. The van der Waals surface area contributed by atoms with Gasteiger partial charge in [0.2, 0.25) is 0 Å². The Morgan fingerprint density at radius 1 is 0.571 bits per heavy atom. The van der Waals surface area contributed by atoms with Crippen molar-refractivity contribution in [1.82, 2.24) is 0 Å². The first-order chi connectivity index (χ1) is 10.1. The Balaban J connectivity index is 2.17. The Morgan fingerprint density at radius 2 is 1.05 bits per heavy atom. The minimum Gasteiger partial charge on any atom is -0.399 e. The van der Waals surface area contributed by atoms with Crippen molar-refractivity contribution in [3.05, 3.63) is 75.7 Å². The molecule has 0 fully saturated rings. The molecule has 0 heterocycles. The molecule has 3 aromatic rings. The summed E-state index contributed by atoms with van der Waals surface area (Å²) in [4.78, 5) is 0. The molecule has 0 amide bonds. The van der Waals surface area contributed by atoms with Gasteiger partial charge in [0.15, 0.2) is 0 Å². The predicted molar refractivity (Wildman–Crippen MR) is 97.1 cm³/mol. The summed E-state index contributed by atoms with van der Waals surface area (Å²) in [5, 5.41) is 0. The molecule has 1 nitrogen and oxygen atoms in total. The number of rotatable bonds is 2. The van der Waals surface area contributed by atoms with E-state index in [1.807, 2.05) is 24.3 Å². The van der Waals surface area contributed by atoms with Crippen LogP contribution in [0, 0.1) is 0 Å². The molecule has 3 aromatic carbocycles. The Morgan fingerprint density at radius 3 is 1.57 bits per heavy atom. The lowest BCUT2D eigenvalue weighted by molar-refractivity contribution is 1.56. The largest absolute Gasteiger partial charge is 0.399 e. The highest BCUT2D eigenvalue weighted by Crippen LogP contribution is 2.34. The topological polar surface area (TPSA) is 26.0 Å². The van der Waals surface area contributed by atoms with Gasteiger partial charge in [0.05, 0.1) is 0 Å². The average molecular weight is 403 g/mol. The van der Waals surface area contributed by atoms with Crippen LogP contribution in [0.15, 0.2) is 75.7 Å². The summed E-state index contributed by atoms with van der Waals surface area (Å²) in [7, 11) is 0. The molecule has 3 rings (SSSR count). The van der Waals surface area contributed by atoms with Gasteiger partial charge in [-0.2, -0.15) is 0 Å². The molecule has 2 N–H and O–H groups in total. The second-order valence-electron chi connectivity index (χ2n) is 4.82. The molecular formula is C18H13Br2N. The lowest BCUT2D eigenvalue weighted by Crippen LogP contribution is -1.90. The monoisotopic (exact) mass is 401 g/mol. The average Bonchev–Trinajstić information content (AvgIpc) is 2.49. The molecule has 0 saturated carbocycles. The van der Waals surface area contributed by atoms with Gasteiger partial charge in [-0.25, -0.2) is 0 Å². The van der Waals surface area contributed by atoms with Crippen molar-refractivity contribution in [3.8, 4) is 22.3 Å². The molecule has 0 spiro atoms. The zero-order valence-corrected chi connectivity index (χ0v) is 14.4. The van der Waals surface area contributed by atoms with Gasteiger partial charge >= 0.3 is 0 Å². The van der Waals surface area contributed by atoms with Gasteiger partial charge in [-0.05, 0) is 58.7 Å². The first kappa shape index (κ1) is 14.4. The summed E-state index contributed by atoms with van der Waals surface area (Å²) in [6.07, 6.45) is 0. The molecule has 0 aliphatic heterocycles. The third-order valence-corrected chi connectivity index (χ3v) is 4.41. The van der Waals surface area contributed by atoms with Crippen LogP contribution in [0.1, 0.15) is 0 Å². The van der Waals surface area contributed by atoms with Crippen molar-refractivity contribution in [3.63, 3.8) is 0 Å². The number of halogens is 2. The maximum atomic E-state index is 5.98. The Hall–Kier alpha value is -1.58. The Bertz CT molecular complexity index is 762. The molecule has 0 bridgehead atoms. The van der Waals surface area contributed by atoms with Crippen molar-refractivity contribution in [2.24, 2.45) is 0 Å². The number of nitrogens with two attached hydrogens (primary N) is 1. The fraction of sp³-hybridized carbons (Fsp3) is 0. The van der Waals surface area contributed by atoms with Crippen LogP contribution in [0.5, 0.6) is 0 Å². The van der Waals surface area contributed by atoms with Gasteiger partial charge in [0.1, 0.15) is 0 Å². The lowest BCUT2D eigenvalue weighted by atomic mass is 9.94. The summed E-state index contributed by atoms with van der Waals surface area (Å²) in [5.41, 5.74) is 11.4. The highest BCUT2D eigenvalue weighted by molar-refractivity contribution is 9.10. The minimum absolute atomic E-state index is 0.772. The second kappa shape index (κ2) is 6.04. The van der Waals surface area contributed by atoms with Crippen LogP contribution in [0.2, 0.25) is 0 Å². The zero-order valence-electron chi connectivity index (χ0n) is 11.2. The lowest BCUT2D eigenvalue weighted by Gasteiger charge is -2.12. The number of hydrogen-bond acceptors (Lipinski definition) is 1. The van der Waals surface area contributed by atoms with Gasteiger partial charge in [-0.3, -0.25) is 0 Å². The van der Waals surface area contributed by atoms with Crippen molar-refractivity contribution in [1.29, 1.82) is 0 Å². The van der Waals surface area contributed by atoms with Gasteiger partial charge < -0.3 is 5.73 Å². The van der Waals surface area contributed by atoms with Crippen LogP contribution in [0.4, 0.5) is 5.69 Å². The first-order valence-corrected chi connectivity index (χ1v) is 8.13. The van der Waals surface area contributed by atoms with E-state index in [-0.39, 0.29) is 0 Å². The molecule has 21 heavy (non-hydrogen) atoms. The van der Waals surface area contributed by atoms with Gasteiger partial charge in [0, 0.05) is 14.6 Å². The molecule has 0 saturated heterocycles. The van der Waals surface area contributed by atoms with Crippen LogP contribution in [-0.2, 0) is 0 Å². The number of hydrogen-bond donors (Lipinski definition) is 1. The number of anilines is 1. The quantitative estimate of drug-likeness (QED) is 0.512. The van der Waals surface area contributed by atoms with Crippen LogP contribution in [0.25, 0.3) is 22.3 Å². The third-order valence-electron chi connectivity index (χ3n) is 3.35. The summed E-state index contributed by atoms with van der Waals surface area (Å²) in [5.74, 6) is 0. The molecular weight excluding hydrogens is 390 g/mol. The van der Waals surface area contributed by atoms with Crippen molar-refractivity contribution >= 4 is 37.5 Å².